The highest BCUT2D eigenvalue weighted by molar-refractivity contribution is 6.31. The Morgan fingerprint density at radius 2 is 1.94 bits per heavy atom. The monoisotopic (exact) mass is 430 g/mol. The van der Waals surface area contributed by atoms with Crippen LogP contribution in [0, 0.1) is 0 Å². The van der Waals surface area contributed by atoms with E-state index in [4.69, 9.17) is 21.1 Å². The zero-order chi connectivity index (χ0) is 21.4. The van der Waals surface area contributed by atoms with E-state index in [1.54, 1.807) is 6.26 Å². The molecule has 0 fully saturated rings. The maximum atomic E-state index is 12.5. The molecule has 4 aromatic rings. The summed E-state index contributed by atoms with van der Waals surface area (Å²) in [6.45, 7) is 1.52. The molecule has 0 bridgehead atoms. The lowest BCUT2D eigenvalue weighted by atomic mass is 9.98. The van der Waals surface area contributed by atoms with E-state index in [9.17, 15) is 4.79 Å². The second kappa shape index (κ2) is 7.89. The van der Waals surface area contributed by atoms with Crippen molar-refractivity contribution in [2.45, 2.75) is 19.4 Å². The van der Waals surface area contributed by atoms with Crippen molar-refractivity contribution in [1.82, 2.24) is 14.8 Å². The van der Waals surface area contributed by atoms with Gasteiger partial charge in [-0.3, -0.25) is 4.79 Å². The van der Waals surface area contributed by atoms with Gasteiger partial charge >= 0.3 is 0 Å². The van der Waals surface area contributed by atoms with E-state index in [1.807, 2.05) is 77.6 Å². The number of carbonyl (C=O) groups excluding carboxylic acids is 1. The van der Waals surface area contributed by atoms with Crippen molar-refractivity contribution >= 4 is 23.2 Å². The predicted molar refractivity (Wildman–Crippen MR) is 119 cm³/mol. The van der Waals surface area contributed by atoms with Gasteiger partial charge in [0.25, 0.3) is 0 Å². The Bertz CT molecular complexity index is 1260. The van der Waals surface area contributed by atoms with Gasteiger partial charge in [0.2, 0.25) is 5.91 Å². The molecule has 31 heavy (non-hydrogen) atoms. The predicted octanol–water partition coefficient (Wildman–Crippen LogP) is 5.48. The van der Waals surface area contributed by atoms with Crippen LogP contribution in [0.5, 0.6) is 0 Å². The summed E-state index contributed by atoms with van der Waals surface area (Å²) < 4.78 is 7.47. The maximum absolute atomic E-state index is 12.5. The van der Waals surface area contributed by atoms with Crippen LogP contribution in [0.3, 0.4) is 0 Å². The fourth-order valence-corrected chi connectivity index (χ4v) is 4.02. The Balaban J connectivity index is 1.60. The number of amides is 1. The summed E-state index contributed by atoms with van der Waals surface area (Å²) in [5.74, 6) is 0.504. The molecule has 0 radical (unpaired) electrons. The number of benzene rings is 2. The fraction of sp³-hybridized carbons (Fsp3) is 0.125. The van der Waals surface area contributed by atoms with Crippen LogP contribution >= 0.6 is 11.6 Å². The molecule has 7 heteroatoms. The minimum Gasteiger partial charge on any atom is -0.463 e. The Labute approximate surface area is 184 Å². The number of halogens is 1. The van der Waals surface area contributed by atoms with Crippen molar-refractivity contribution in [3.8, 4) is 17.1 Å². The zero-order valence-corrected chi connectivity index (χ0v) is 17.5. The van der Waals surface area contributed by atoms with Gasteiger partial charge in [0.05, 0.1) is 23.7 Å². The zero-order valence-electron chi connectivity index (χ0n) is 16.8. The summed E-state index contributed by atoms with van der Waals surface area (Å²) >= 11 is 6.18. The molecule has 1 amide bonds. The highest BCUT2D eigenvalue weighted by Crippen LogP contribution is 2.38. The summed E-state index contributed by atoms with van der Waals surface area (Å²) in [6.07, 6.45) is 4.12. The highest BCUT2D eigenvalue weighted by atomic mass is 35.5. The molecule has 0 saturated heterocycles. The smallest absolute Gasteiger partial charge is 0.240 e. The van der Waals surface area contributed by atoms with Gasteiger partial charge in [-0.25, -0.2) is 9.69 Å². The number of nitrogens with zero attached hydrogens (tertiary/aromatic N) is 4. The van der Waals surface area contributed by atoms with Crippen LogP contribution in [0.15, 0.2) is 88.7 Å². The second-order valence-corrected chi connectivity index (χ2v) is 7.77. The van der Waals surface area contributed by atoms with E-state index in [1.165, 1.54) is 11.9 Å². The molecule has 1 aliphatic rings. The third-order valence-electron chi connectivity index (χ3n) is 5.27. The van der Waals surface area contributed by atoms with Crippen LogP contribution in [-0.4, -0.2) is 26.4 Å². The normalized spacial score (nSPS) is 15.9. The number of hydrogen-bond donors (Lipinski definition) is 0. The first-order chi connectivity index (χ1) is 15.1. The summed E-state index contributed by atoms with van der Waals surface area (Å²) in [7, 11) is 0. The van der Waals surface area contributed by atoms with E-state index in [0.717, 1.165) is 22.5 Å². The molecule has 0 unspecified atom stereocenters. The van der Waals surface area contributed by atoms with Gasteiger partial charge in [-0.05, 0) is 42.0 Å². The van der Waals surface area contributed by atoms with Gasteiger partial charge in [-0.2, -0.15) is 10.2 Å². The molecule has 5 rings (SSSR count). The van der Waals surface area contributed by atoms with Crippen molar-refractivity contribution in [1.29, 1.82) is 0 Å². The Morgan fingerprint density at radius 3 is 2.65 bits per heavy atom. The first-order valence-electron chi connectivity index (χ1n) is 9.92. The molecule has 154 valence electrons. The summed E-state index contributed by atoms with van der Waals surface area (Å²) in [4.78, 5) is 12.5. The molecular formula is C24H19ClN4O2. The molecule has 2 aromatic heterocycles. The van der Waals surface area contributed by atoms with E-state index >= 15 is 0 Å². The van der Waals surface area contributed by atoms with E-state index in [0.29, 0.717) is 22.9 Å². The van der Waals surface area contributed by atoms with Crippen molar-refractivity contribution in [3.05, 3.63) is 95.3 Å². The number of furan rings is 1. The molecular weight excluding hydrogens is 412 g/mol. The highest BCUT2D eigenvalue weighted by Gasteiger charge is 2.35. The largest absolute Gasteiger partial charge is 0.463 e. The minimum atomic E-state index is -0.302. The van der Waals surface area contributed by atoms with Crippen molar-refractivity contribution in [2.24, 2.45) is 5.10 Å². The van der Waals surface area contributed by atoms with Gasteiger partial charge in [-0.1, -0.05) is 41.9 Å². The summed E-state index contributed by atoms with van der Waals surface area (Å²) in [5.41, 5.74) is 4.18. The van der Waals surface area contributed by atoms with Crippen molar-refractivity contribution < 1.29 is 9.21 Å². The summed E-state index contributed by atoms with van der Waals surface area (Å²) in [6, 6.07) is 20.7. The van der Waals surface area contributed by atoms with E-state index in [-0.39, 0.29) is 11.9 Å². The Hall–Kier alpha value is -3.64. The lowest BCUT2D eigenvalue weighted by Gasteiger charge is -2.19. The SMILES string of the molecule is CC(=O)N1N=C(c2cccc(Cl)c2)C[C@@H]1c1cn(-c2ccccc2)nc1-c1ccco1. The molecule has 0 N–H and O–H groups in total. The average Bonchev–Trinajstić information content (AvgIpc) is 3.52. The fourth-order valence-electron chi connectivity index (χ4n) is 3.83. The van der Waals surface area contributed by atoms with Crippen molar-refractivity contribution in [2.75, 3.05) is 0 Å². The number of carbonyl (C=O) groups is 1. The number of rotatable bonds is 4. The molecule has 2 aromatic carbocycles. The van der Waals surface area contributed by atoms with Gasteiger partial charge in [0, 0.05) is 30.1 Å². The standard InChI is InChI=1S/C24H19ClN4O2/c1-16(30)29-22(14-21(26-29)17-7-5-8-18(25)13-17)20-15-28(19-9-3-2-4-10-19)27-24(20)23-11-6-12-31-23/h2-13,15,22H,14H2,1H3/t22-/m1/s1. The topological polar surface area (TPSA) is 63.6 Å². The first kappa shape index (κ1) is 19.3. The minimum absolute atomic E-state index is 0.139. The van der Waals surface area contributed by atoms with Crippen LogP contribution in [0.25, 0.3) is 17.1 Å². The van der Waals surface area contributed by atoms with Crippen LogP contribution in [-0.2, 0) is 4.79 Å². The van der Waals surface area contributed by atoms with Gasteiger partial charge in [0.15, 0.2) is 5.76 Å². The van der Waals surface area contributed by atoms with Crippen LogP contribution in [0.2, 0.25) is 5.02 Å². The van der Waals surface area contributed by atoms with Crippen LogP contribution in [0.4, 0.5) is 0 Å². The number of hydrogen-bond acceptors (Lipinski definition) is 4. The molecule has 0 aliphatic carbocycles. The summed E-state index contributed by atoms with van der Waals surface area (Å²) in [5, 5.41) is 11.6. The van der Waals surface area contributed by atoms with E-state index < -0.39 is 0 Å². The third kappa shape index (κ3) is 3.66. The number of aromatic nitrogens is 2. The lowest BCUT2D eigenvalue weighted by Crippen LogP contribution is -2.24. The maximum Gasteiger partial charge on any atom is 0.240 e. The quantitative estimate of drug-likeness (QED) is 0.430. The van der Waals surface area contributed by atoms with Crippen LogP contribution in [0.1, 0.15) is 30.5 Å². The Kier molecular flexibility index (Phi) is 4.92. The molecule has 0 saturated carbocycles. The third-order valence-corrected chi connectivity index (χ3v) is 5.50. The van der Waals surface area contributed by atoms with Gasteiger partial charge in [-0.15, -0.1) is 0 Å². The average molecular weight is 431 g/mol. The number of hydrazone groups is 1. The van der Waals surface area contributed by atoms with E-state index in [2.05, 4.69) is 5.10 Å². The molecule has 1 atom stereocenters. The molecule has 6 nitrogen and oxygen atoms in total. The van der Waals surface area contributed by atoms with Crippen molar-refractivity contribution in [3.63, 3.8) is 0 Å². The molecule has 0 spiro atoms. The van der Waals surface area contributed by atoms with Gasteiger partial charge < -0.3 is 4.42 Å². The second-order valence-electron chi connectivity index (χ2n) is 7.33. The number of para-hydroxylation sites is 1. The van der Waals surface area contributed by atoms with Gasteiger partial charge in [0.1, 0.15) is 5.69 Å². The lowest BCUT2D eigenvalue weighted by molar-refractivity contribution is -0.130. The Morgan fingerprint density at radius 1 is 1.10 bits per heavy atom. The first-order valence-corrected chi connectivity index (χ1v) is 10.3. The van der Waals surface area contributed by atoms with Crippen LogP contribution < -0.4 is 0 Å². The molecule has 3 heterocycles. The molecule has 1 aliphatic heterocycles.